The van der Waals surface area contributed by atoms with Crippen molar-refractivity contribution < 1.29 is 9.90 Å². The quantitative estimate of drug-likeness (QED) is 0.453. The Balaban J connectivity index is 3.34. The zero-order valence-corrected chi connectivity index (χ0v) is 13.8. The fourth-order valence-electron chi connectivity index (χ4n) is 2.33. The fraction of sp³-hybridized carbons (Fsp3) is 0.941. The molecule has 20 heavy (non-hydrogen) atoms. The van der Waals surface area contributed by atoms with Crippen LogP contribution in [0, 0.1) is 0 Å². The summed E-state index contributed by atoms with van der Waals surface area (Å²) in [7, 11) is 0. The molecule has 0 amide bonds. The highest BCUT2D eigenvalue weighted by Gasteiger charge is 2.29. The third-order valence-electron chi connectivity index (χ3n) is 4.22. The zero-order chi connectivity index (χ0) is 15.3. The molecule has 3 nitrogen and oxygen atoms in total. The van der Waals surface area contributed by atoms with Crippen LogP contribution in [0.2, 0.25) is 0 Å². The largest absolute Gasteiger partial charge is 0.480 e. The van der Waals surface area contributed by atoms with Gasteiger partial charge in [-0.15, -0.1) is 0 Å². The summed E-state index contributed by atoms with van der Waals surface area (Å²) >= 11 is 0. The molecule has 0 radical (unpaired) electrons. The van der Waals surface area contributed by atoms with Gasteiger partial charge >= 0.3 is 5.97 Å². The predicted molar refractivity (Wildman–Crippen MR) is 86.2 cm³/mol. The smallest absolute Gasteiger partial charge is 0.323 e. The maximum Gasteiger partial charge on any atom is 0.323 e. The van der Waals surface area contributed by atoms with Gasteiger partial charge in [0.15, 0.2) is 0 Å². The fourth-order valence-corrected chi connectivity index (χ4v) is 2.33. The molecule has 0 fully saturated rings. The first-order valence-electron chi connectivity index (χ1n) is 8.55. The summed E-state index contributed by atoms with van der Waals surface area (Å²) in [6.45, 7) is 6.75. The molecule has 0 rings (SSSR count). The molecule has 0 saturated carbocycles. The summed E-state index contributed by atoms with van der Waals surface area (Å²) in [5.74, 6) is -0.743. The Morgan fingerprint density at radius 1 is 0.900 bits per heavy atom. The minimum atomic E-state index is -0.751. The standard InChI is InChI=1S/C17H35NO2/c1-4-6-7-8-9-10-11-12-13-14-15-18-17(3,5-2)16(19)20/h18H,4-15H2,1-3H3,(H,19,20). The van der Waals surface area contributed by atoms with Crippen LogP contribution >= 0.6 is 0 Å². The minimum absolute atomic E-state index is 0.625. The molecule has 0 aliphatic heterocycles. The lowest BCUT2D eigenvalue weighted by molar-refractivity contribution is -0.144. The first-order chi connectivity index (χ1) is 9.56. The normalized spacial score (nSPS) is 14.2. The minimum Gasteiger partial charge on any atom is -0.480 e. The van der Waals surface area contributed by atoms with Crippen LogP contribution in [0.1, 0.15) is 91.4 Å². The molecule has 1 atom stereocenters. The third kappa shape index (κ3) is 9.35. The molecule has 0 bridgehead atoms. The van der Waals surface area contributed by atoms with E-state index in [1.807, 2.05) is 6.92 Å². The maximum atomic E-state index is 11.1. The molecule has 0 spiro atoms. The van der Waals surface area contributed by atoms with Gasteiger partial charge in [0, 0.05) is 0 Å². The van der Waals surface area contributed by atoms with E-state index in [0.29, 0.717) is 6.42 Å². The van der Waals surface area contributed by atoms with Gasteiger partial charge in [0.05, 0.1) is 0 Å². The average Bonchev–Trinajstić information content (AvgIpc) is 2.44. The summed E-state index contributed by atoms with van der Waals surface area (Å²) in [4.78, 5) is 11.1. The summed E-state index contributed by atoms with van der Waals surface area (Å²) in [5.41, 5.74) is -0.751. The molecule has 0 aromatic rings. The number of hydrogen-bond acceptors (Lipinski definition) is 2. The molecule has 0 aliphatic rings. The lowest BCUT2D eigenvalue weighted by Crippen LogP contribution is -2.49. The van der Waals surface area contributed by atoms with Crippen molar-refractivity contribution in [2.75, 3.05) is 6.54 Å². The van der Waals surface area contributed by atoms with Crippen molar-refractivity contribution in [2.24, 2.45) is 0 Å². The van der Waals surface area contributed by atoms with Crippen LogP contribution in [0.4, 0.5) is 0 Å². The lowest BCUT2D eigenvalue weighted by Gasteiger charge is -2.24. The van der Waals surface area contributed by atoms with E-state index < -0.39 is 11.5 Å². The number of carboxylic acids is 1. The van der Waals surface area contributed by atoms with Crippen molar-refractivity contribution in [3.63, 3.8) is 0 Å². The van der Waals surface area contributed by atoms with Crippen LogP contribution in [0.5, 0.6) is 0 Å². The molecule has 0 heterocycles. The van der Waals surface area contributed by atoms with E-state index in [9.17, 15) is 4.79 Å². The lowest BCUT2D eigenvalue weighted by atomic mass is 9.99. The van der Waals surface area contributed by atoms with E-state index in [-0.39, 0.29) is 0 Å². The van der Waals surface area contributed by atoms with E-state index in [1.54, 1.807) is 6.92 Å². The summed E-state index contributed by atoms with van der Waals surface area (Å²) in [6, 6.07) is 0. The SMILES string of the molecule is CCCCCCCCCCCCNC(C)(CC)C(=O)O. The van der Waals surface area contributed by atoms with Gasteiger partial charge in [0.25, 0.3) is 0 Å². The number of hydrogen-bond donors (Lipinski definition) is 2. The van der Waals surface area contributed by atoms with Gasteiger partial charge in [-0.05, 0) is 26.3 Å². The van der Waals surface area contributed by atoms with E-state index >= 15 is 0 Å². The van der Waals surface area contributed by atoms with Gasteiger partial charge in [-0.3, -0.25) is 4.79 Å². The van der Waals surface area contributed by atoms with Gasteiger partial charge in [-0.2, -0.15) is 0 Å². The van der Waals surface area contributed by atoms with Gasteiger partial charge in [0.2, 0.25) is 0 Å². The van der Waals surface area contributed by atoms with Gasteiger partial charge in [-0.25, -0.2) is 0 Å². The van der Waals surface area contributed by atoms with E-state index in [1.165, 1.54) is 57.8 Å². The molecular formula is C17H35NO2. The molecule has 120 valence electrons. The molecule has 0 aromatic carbocycles. The molecule has 3 heteroatoms. The van der Waals surface area contributed by atoms with Crippen LogP contribution in [0.3, 0.4) is 0 Å². The number of unbranched alkanes of at least 4 members (excludes halogenated alkanes) is 9. The van der Waals surface area contributed by atoms with Crippen LogP contribution in [-0.4, -0.2) is 23.2 Å². The van der Waals surface area contributed by atoms with Crippen LogP contribution in [0.25, 0.3) is 0 Å². The van der Waals surface area contributed by atoms with Crippen molar-refractivity contribution >= 4 is 5.97 Å². The van der Waals surface area contributed by atoms with E-state index in [4.69, 9.17) is 5.11 Å². The van der Waals surface area contributed by atoms with Crippen LogP contribution in [-0.2, 0) is 4.79 Å². The van der Waals surface area contributed by atoms with Gasteiger partial charge < -0.3 is 10.4 Å². The third-order valence-corrected chi connectivity index (χ3v) is 4.22. The Bertz CT molecular complexity index is 243. The highest BCUT2D eigenvalue weighted by atomic mass is 16.4. The number of carbonyl (C=O) groups is 1. The summed E-state index contributed by atoms with van der Waals surface area (Å²) < 4.78 is 0. The second-order valence-corrected chi connectivity index (χ2v) is 6.10. The first kappa shape index (κ1) is 19.4. The van der Waals surface area contributed by atoms with Crippen molar-refractivity contribution in [1.82, 2.24) is 5.32 Å². The molecule has 2 N–H and O–H groups in total. The average molecular weight is 285 g/mol. The molecular weight excluding hydrogens is 250 g/mol. The van der Waals surface area contributed by atoms with E-state index in [2.05, 4.69) is 12.2 Å². The second-order valence-electron chi connectivity index (χ2n) is 6.10. The number of rotatable bonds is 14. The number of nitrogens with one attached hydrogen (secondary N) is 1. The molecule has 0 saturated heterocycles. The van der Waals surface area contributed by atoms with Crippen molar-refractivity contribution in [2.45, 2.75) is 96.9 Å². The number of carboxylic acid groups (broad SMARTS) is 1. The second kappa shape index (κ2) is 12.2. The Kier molecular flexibility index (Phi) is 11.8. The predicted octanol–water partition coefficient (Wildman–Crippen LogP) is 4.75. The Morgan fingerprint density at radius 3 is 1.75 bits per heavy atom. The highest BCUT2D eigenvalue weighted by molar-refractivity contribution is 5.78. The van der Waals surface area contributed by atoms with Gasteiger partial charge in [0.1, 0.15) is 5.54 Å². The Hall–Kier alpha value is -0.570. The maximum absolute atomic E-state index is 11.1. The van der Waals surface area contributed by atoms with Crippen LogP contribution in [0.15, 0.2) is 0 Å². The number of aliphatic carboxylic acids is 1. The molecule has 0 aliphatic carbocycles. The first-order valence-corrected chi connectivity index (χ1v) is 8.55. The topological polar surface area (TPSA) is 49.3 Å². The van der Waals surface area contributed by atoms with Crippen molar-refractivity contribution in [1.29, 1.82) is 0 Å². The van der Waals surface area contributed by atoms with Crippen molar-refractivity contribution in [3.8, 4) is 0 Å². The van der Waals surface area contributed by atoms with Crippen LogP contribution < -0.4 is 5.32 Å². The summed E-state index contributed by atoms with van der Waals surface area (Å²) in [6.07, 6.45) is 13.8. The van der Waals surface area contributed by atoms with Crippen molar-refractivity contribution in [3.05, 3.63) is 0 Å². The Labute approximate surface area is 125 Å². The highest BCUT2D eigenvalue weighted by Crippen LogP contribution is 2.12. The summed E-state index contributed by atoms with van der Waals surface area (Å²) in [5, 5.41) is 12.3. The van der Waals surface area contributed by atoms with Gasteiger partial charge in [-0.1, -0.05) is 71.6 Å². The monoisotopic (exact) mass is 285 g/mol. The zero-order valence-electron chi connectivity index (χ0n) is 13.8. The Morgan fingerprint density at radius 2 is 1.35 bits per heavy atom. The molecule has 0 aromatic heterocycles. The molecule has 1 unspecified atom stereocenters. The van der Waals surface area contributed by atoms with E-state index in [0.717, 1.165) is 13.0 Å².